The predicted molar refractivity (Wildman–Crippen MR) is 114 cm³/mol. The monoisotopic (exact) mass is 454 g/mol. The van der Waals surface area contributed by atoms with E-state index in [1.807, 2.05) is 0 Å². The van der Waals surface area contributed by atoms with E-state index in [2.05, 4.69) is 0 Å². The molecular formula is C20H24ClN2O6P. The first kappa shape index (κ1) is 22.7. The molecule has 1 aliphatic heterocycles. The number of hydrogen-bond donors (Lipinski definition) is 1. The van der Waals surface area contributed by atoms with Crippen LogP contribution >= 0.6 is 19.1 Å². The summed E-state index contributed by atoms with van der Waals surface area (Å²) in [6.07, 6.45) is 0.272. The van der Waals surface area contributed by atoms with Crippen LogP contribution in [0.15, 0.2) is 48.5 Å². The second-order valence-corrected chi connectivity index (χ2v) is 9.55. The van der Waals surface area contributed by atoms with Gasteiger partial charge in [-0.2, -0.15) is 5.06 Å². The number of amides is 1. The Morgan fingerprint density at radius 3 is 2.50 bits per heavy atom. The number of rotatable bonds is 6. The van der Waals surface area contributed by atoms with Crippen molar-refractivity contribution in [2.45, 2.75) is 12.5 Å². The molecule has 0 radical (unpaired) electrons. The molecule has 2 aromatic rings. The molecule has 2 aromatic carbocycles. The molecule has 162 valence electrons. The molecule has 2 atom stereocenters. The molecule has 1 amide bonds. The smallest absolute Gasteiger partial charge is 0.302 e. The summed E-state index contributed by atoms with van der Waals surface area (Å²) in [7, 11) is -0.475. The summed E-state index contributed by atoms with van der Waals surface area (Å²) in [6, 6.07) is 12.8. The number of carbonyl (C=O) groups is 1. The zero-order valence-corrected chi connectivity index (χ0v) is 18.4. The summed E-state index contributed by atoms with van der Waals surface area (Å²) >= 11 is 5.86. The van der Waals surface area contributed by atoms with Crippen LogP contribution in [0.2, 0.25) is 5.02 Å². The number of halogens is 1. The largest absolute Gasteiger partial charge is 0.497 e. The molecule has 1 aliphatic rings. The minimum Gasteiger partial charge on any atom is -0.497 e. The molecular weight excluding hydrogens is 431 g/mol. The normalized spacial score (nSPS) is 22.3. The van der Waals surface area contributed by atoms with E-state index in [1.165, 1.54) is 16.8 Å². The molecule has 8 nitrogen and oxygen atoms in total. The van der Waals surface area contributed by atoms with Crippen molar-refractivity contribution in [3.63, 3.8) is 0 Å². The summed E-state index contributed by atoms with van der Waals surface area (Å²) in [4.78, 5) is 12.8. The van der Waals surface area contributed by atoms with Gasteiger partial charge in [0.15, 0.2) is 0 Å². The summed E-state index contributed by atoms with van der Waals surface area (Å²) in [6.45, 7) is 0.116. The molecule has 1 fully saturated rings. The van der Waals surface area contributed by atoms with E-state index in [0.717, 1.165) is 0 Å². The highest BCUT2D eigenvalue weighted by Gasteiger charge is 2.39. The van der Waals surface area contributed by atoms with Gasteiger partial charge < -0.3 is 14.0 Å². The van der Waals surface area contributed by atoms with Crippen molar-refractivity contribution in [1.82, 2.24) is 4.67 Å². The molecule has 3 rings (SSSR count). The molecule has 0 saturated carbocycles. The van der Waals surface area contributed by atoms with Gasteiger partial charge >= 0.3 is 7.52 Å². The van der Waals surface area contributed by atoms with Crippen LogP contribution in [0.1, 0.15) is 6.42 Å². The van der Waals surface area contributed by atoms with Gasteiger partial charge in [-0.15, -0.1) is 0 Å². The van der Waals surface area contributed by atoms with Crippen LogP contribution in [0.4, 0.5) is 5.69 Å². The Kier molecular flexibility index (Phi) is 7.52. The van der Waals surface area contributed by atoms with Crippen LogP contribution < -0.4 is 15.1 Å². The van der Waals surface area contributed by atoms with E-state index in [1.54, 1.807) is 50.6 Å². The third kappa shape index (κ3) is 5.03. The molecule has 1 N–H and O–H groups in total. The van der Waals surface area contributed by atoms with E-state index in [0.29, 0.717) is 34.1 Å². The third-order valence-corrected chi connectivity index (χ3v) is 7.66. The molecule has 1 saturated heterocycles. The van der Waals surface area contributed by atoms with E-state index < -0.39 is 13.4 Å². The first-order chi connectivity index (χ1) is 14.4. The van der Waals surface area contributed by atoms with Crippen LogP contribution in [0.25, 0.3) is 0 Å². The highest BCUT2D eigenvalue weighted by molar-refractivity contribution is 7.64. The predicted octanol–water partition coefficient (Wildman–Crippen LogP) is 3.33. The van der Waals surface area contributed by atoms with Crippen LogP contribution in [0.5, 0.6) is 5.75 Å². The van der Waals surface area contributed by atoms with Crippen LogP contribution in [0, 0.1) is 0 Å². The Morgan fingerprint density at radius 1 is 1.23 bits per heavy atom. The highest BCUT2D eigenvalue weighted by Crippen LogP contribution is 2.51. The van der Waals surface area contributed by atoms with Gasteiger partial charge in [-0.3, -0.25) is 14.6 Å². The number of benzene rings is 2. The fraction of sp³-hybridized carbons (Fsp3) is 0.350. The lowest BCUT2D eigenvalue weighted by molar-refractivity contribution is -0.123. The van der Waals surface area contributed by atoms with Crippen LogP contribution in [-0.4, -0.2) is 55.8 Å². The summed E-state index contributed by atoms with van der Waals surface area (Å²) in [5.74, 6) is -0.0348. The Labute approximate surface area is 180 Å². The van der Waals surface area contributed by atoms with Gasteiger partial charge in [-0.1, -0.05) is 11.6 Å². The quantitative estimate of drug-likeness (QED) is 0.407. The lowest BCUT2D eigenvalue weighted by Gasteiger charge is -2.29. The maximum absolute atomic E-state index is 13.9. The minimum absolute atomic E-state index is 0.129. The van der Waals surface area contributed by atoms with Crippen molar-refractivity contribution in [3.05, 3.63) is 53.6 Å². The van der Waals surface area contributed by atoms with E-state index in [-0.39, 0.29) is 24.9 Å². The SMILES string of the molecule is COc1ccc(P2(=O)OCC(OC)CCN2CC(=O)N(O)c2ccc(Cl)cc2)cc1. The van der Waals surface area contributed by atoms with Gasteiger partial charge in [0.2, 0.25) is 0 Å². The highest BCUT2D eigenvalue weighted by atomic mass is 35.5. The van der Waals surface area contributed by atoms with Gasteiger partial charge in [0.1, 0.15) is 5.75 Å². The molecule has 0 aliphatic carbocycles. The van der Waals surface area contributed by atoms with Crippen molar-refractivity contribution < 1.29 is 28.6 Å². The molecule has 30 heavy (non-hydrogen) atoms. The first-order valence-corrected chi connectivity index (χ1v) is 11.3. The lowest BCUT2D eigenvalue weighted by atomic mass is 10.2. The average molecular weight is 455 g/mol. The molecule has 0 spiro atoms. The van der Waals surface area contributed by atoms with Crippen molar-refractivity contribution in [2.75, 3.05) is 39.0 Å². The molecule has 0 aromatic heterocycles. The van der Waals surface area contributed by atoms with Crippen molar-refractivity contribution >= 4 is 36.0 Å². The molecule has 2 unspecified atom stereocenters. The maximum Gasteiger partial charge on any atom is 0.302 e. The standard InChI is InChI=1S/C20H24ClN2O6P/c1-27-17-7-9-19(10-8-17)30(26)22(12-11-18(28-2)14-29-30)13-20(24)23(25)16-5-3-15(21)4-6-16/h3-10,18,25H,11-14H2,1-2H3. The second-order valence-electron chi connectivity index (χ2n) is 6.73. The lowest BCUT2D eigenvalue weighted by Crippen LogP contribution is -2.39. The van der Waals surface area contributed by atoms with Gasteiger partial charge in [-0.05, 0) is 55.0 Å². The topological polar surface area (TPSA) is 88.5 Å². The second kappa shape index (κ2) is 9.92. The zero-order chi connectivity index (χ0) is 21.7. The van der Waals surface area contributed by atoms with Crippen LogP contribution in [0.3, 0.4) is 0 Å². The van der Waals surface area contributed by atoms with Gasteiger partial charge in [0, 0.05) is 18.7 Å². The van der Waals surface area contributed by atoms with E-state index in [4.69, 9.17) is 25.6 Å². The fourth-order valence-corrected chi connectivity index (χ4v) is 5.43. The van der Waals surface area contributed by atoms with Crippen molar-refractivity contribution in [3.8, 4) is 5.75 Å². The van der Waals surface area contributed by atoms with E-state index in [9.17, 15) is 14.6 Å². The maximum atomic E-state index is 13.9. The average Bonchev–Trinajstić information content (AvgIpc) is 2.93. The molecule has 10 heteroatoms. The molecule has 1 heterocycles. The number of carbonyl (C=O) groups excluding carboxylic acids is 1. The third-order valence-electron chi connectivity index (χ3n) is 4.87. The fourth-order valence-electron chi connectivity index (χ4n) is 3.09. The summed E-state index contributed by atoms with van der Waals surface area (Å²) in [5.41, 5.74) is 0.259. The molecule has 0 bridgehead atoms. The van der Waals surface area contributed by atoms with Gasteiger partial charge in [0.05, 0.1) is 37.4 Å². The Morgan fingerprint density at radius 2 is 1.90 bits per heavy atom. The Hall–Kier alpha value is -1.93. The minimum atomic E-state index is -3.58. The number of methoxy groups -OCH3 is 2. The van der Waals surface area contributed by atoms with Gasteiger partial charge in [-0.25, -0.2) is 4.67 Å². The number of anilines is 1. The number of nitrogens with zero attached hydrogens (tertiary/aromatic N) is 2. The van der Waals surface area contributed by atoms with Gasteiger partial charge in [0.25, 0.3) is 5.91 Å². The number of hydroxylamine groups is 1. The van der Waals surface area contributed by atoms with Crippen LogP contribution in [-0.2, 0) is 18.6 Å². The first-order valence-electron chi connectivity index (χ1n) is 9.32. The Bertz CT molecular complexity index is 909. The number of hydrogen-bond acceptors (Lipinski definition) is 6. The zero-order valence-electron chi connectivity index (χ0n) is 16.7. The Balaban J connectivity index is 1.86. The summed E-state index contributed by atoms with van der Waals surface area (Å²) < 4.78 is 31.7. The summed E-state index contributed by atoms with van der Waals surface area (Å²) in [5, 5.41) is 11.8. The van der Waals surface area contributed by atoms with Crippen molar-refractivity contribution in [1.29, 1.82) is 0 Å². The number of ether oxygens (including phenoxy) is 2. The van der Waals surface area contributed by atoms with Crippen molar-refractivity contribution in [2.24, 2.45) is 0 Å². The van der Waals surface area contributed by atoms with E-state index >= 15 is 0 Å².